The predicted octanol–water partition coefficient (Wildman–Crippen LogP) is -0.114. The van der Waals surface area contributed by atoms with E-state index >= 15 is 0 Å². The van der Waals surface area contributed by atoms with Crippen LogP contribution in [0, 0.1) is 0 Å². The minimum absolute atomic E-state index is 0.593. The summed E-state index contributed by atoms with van der Waals surface area (Å²) in [7, 11) is 4.18. The first-order valence-electron chi connectivity index (χ1n) is 3.86. The SMILES string of the molecule is CN(C)CC1CCCN1N. The van der Waals surface area contributed by atoms with Crippen molar-refractivity contribution in [2.45, 2.75) is 18.9 Å². The van der Waals surface area contributed by atoms with Gasteiger partial charge in [0.05, 0.1) is 0 Å². The topological polar surface area (TPSA) is 32.5 Å². The van der Waals surface area contributed by atoms with Crippen molar-refractivity contribution in [1.82, 2.24) is 9.91 Å². The molecule has 0 radical (unpaired) electrons. The predicted molar refractivity (Wildman–Crippen MR) is 42.5 cm³/mol. The fourth-order valence-electron chi connectivity index (χ4n) is 1.48. The molecule has 10 heavy (non-hydrogen) atoms. The molecule has 1 fully saturated rings. The van der Waals surface area contributed by atoms with Crippen LogP contribution in [-0.2, 0) is 0 Å². The lowest BCUT2D eigenvalue weighted by molar-refractivity contribution is 0.212. The van der Waals surface area contributed by atoms with Crippen LogP contribution in [0.4, 0.5) is 0 Å². The Kier molecular flexibility index (Phi) is 2.65. The molecule has 0 aromatic rings. The fourth-order valence-corrected chi connectivity index (χ4v) is 1.48. The van der Waals surface area contributed by atoms with E-state index in [0.717, 1.165) is 13.1 Å². The molecule has 1 atom stereocenters. The second-order valence-electron chi connectivity index (χ2n) is 3.30. The molecule has 1 unspecified atom stereocenters. The molecule has 3 nitrogen and oxygen atoms in total. The van der Waals surface area contributed by atoms with Crippen LogP contribution in [0.25, 0.3) is 0 Å². The lowest BCUT2D eigenvalue weighted by Gasteiger charge is -2.22. The van der Waals surface area contributed by atoms with Gasteiger partial charge in [0.2, 0.25) is 0 Å². The molecule has 1 rings (SSSR count). The summed E-state index contributed by atoms with van der Waals surface area (Å²) >= 11 is 0. The second kappa shape index (κ2) is 3.32. The Labute approximate surface area is 62.8 Å². The third-order valence-electron chi connectivity index (χ3n) is 2.00. The van der Waals surface area contributed by atoms with Crippen LogP contribution in [0.15, 0.2) is 0 Å². The first-order valence-corrected chi connectivity index (χ1v) is 3.86. The van der Waals surface area contributed by atoms with Gasteiger partial charge < -0.3 is 4.90 Å². The highest BCUT2D eigenvalue weighted by atomic mass is 15.4. The van der Waals surface area contributed by atoms with E-state index in [0.29, 0.717) is 6.04 Å². The number of rotatable bonds is 2. The smallest absolute Gasteiger partial charge is 0.0368 e. The van der Waals surface area contributed by atoms with Gasteiger partial charge in [0.15, 0.2) is 0 Å². The second-order valence-corrected chi connectivity index (χ2v) is 3.30. The molecule has 1 aliphatic rings. The quantitative estimate of drug-likeness (QED) is 0.547. The highest BCUT2D eigenvalue weighted by molar-refractivity contribution is 4.76. The number of nitrogens with two attached hydrogens (primary N) is 1. The molecule has 0 aromatic heterocycles. The molecule has 0 saturated carbocycles. The van der Waals surface area contributed by atoms with E-state index in [1.165, 1.54) is 12.8 Å². The van der Waals surface area contributed by atoms with Crippen LogP contribution >= 0.6 is 0 Å². The van der Waals surface area contributed by atoms with Gasteiger partial charge in [-0.1, -0.05) is 0 Å². The number of likely N-dealkylation sites (N-methyl/N-ethyl adjacent to an activating group) is 1. The number of hydrogen-bond donors (Lipinski definition) is 1. The van der Waals surface area contributed by atoms with Gasteiger partial charge in [-0.15, -0.1) is 0 Å². The lowest BCUT2D eigenvalue weighted by atomic mass is 10.2. The Morgan fingerprint density at radius 3 is 2.70 bits per heavy atom. The molecule has 0 amide bonds. The molecule has 1 saturated heterocycles. The third-order valence-corrected chi connectivity index (χ3v) is 2.00. The highest BCUT2D eigenvalue weighted by Crippen LogP contribution is 2.12. The van der Waals surface area contributed by atoms with Crippen molar-refractivity contribution in [2.24, 2.45) is 5.84 Å². The molecular formula is C7H17N3. The van der Waals surface area contributed by atoms with Crippen molar-refractivity contribution in [3.8, 4) is 0 Å². The Bertz CT molecular complexity index is 103. The van der Waals surface area contributed by atoms with Crippen molar-refractivity contribution >= 4 is 0 Å². The monoisotopic (exact) mass is 143 g/mol. The van der Waals surface area contributed by atoms with Crippen LogP contribution in [0.3, 0.4) is 0 Å². The molecule has 60 valence electrons. The summed E-state index contributed by atoms with van der Waals surface area (Å²) in [6.07, 6.45) is 2.52. The maximum atomic E-state index is 5.73. The Morgan fingerprint density at radius 1 is 1.60 bits per heavy atom. The van der Waals surface area contributed by atoms with E-state index in [2.05, 4.69) is 19.0 Å². The zero-order chi connectivity index (χ0) is 7.56. The number of nitrogens with zero attached hydrogens (tertiary/aromatic N) is 2. The van der Waals surface area contributed by atoms with Crippen molar-refractivity contribution < 1.29 is 0 Å². The Morgan fingerprint density at radius 2 is 2.30 bits per heavy atom. The molecule has 0 spiro atoms. The summed E-state index contributed by atoms with van der Waals surface area (Å²) in [5, 5.41) is 1.96. The van der Waals surface area contributed by atoms with Gasteiger partial charge in [0, 0.05) is 19.1 Å². The van der Waals surface area contributed by atoms with Gasteiger partial charge in [-0.05, 0) is 26.9 Å². The fraction of sp³-hybridized carbons (Fsp3) is 1.00. The molecule has 0 bridgehead atoms. The number of hydrogen-bond acceptors (Lipinski definition) is 3. The van der Waals surface area contributed by atoms with Crippen LogP contribution in [-0.4, -0.2) is 43.1 Å². The summed E-state index contributed by atoms with van der Waals surface area (Å²) in [6.45, 7) is 2.16. The third kappa shape index (κ3) is 1.94. The van der Waals surface area contributed by atoms with E-state index < -0.39 is 0 Å². The van der Waals surface area contributed by atoms with Gasteiger partial charge in [-0.3, -0.25) is 5.84 Å². The van der Waals surface area contributed by atoms with Crippen LogP contribution < -0.4 is 5.84 Å². The van der Waals surface area contributed by atoms with E-state index in [9.17, 15) is 0 Å². The van der Waals surface area contributed by atoms with Crippen molar-refractivity contribution in [3.05, 3.63) is 0 Å². The highest BCUT2D eigenvalue weighted by Gasteiger charge is 2.21. The first-order chi connectivity index (χ1) is 4.70. The summed E-state index contributed by atoms with van der Waals surface area (Å²) in [5.41, 5.74) is 0. The van der Waals surface area contributed by atoms with Gasteiger partial charge in [0.25, 0.3) is 0 Å². The van der Waals surface area contributed by atoms with Crippen LogP contribution in [0.2, 0.25) is 0 Å². The summed E-state index contributed by atoms with van der Waals surface area (Å²) in [5.74, 6) is 5.73. The van der Waals surface area contributed by atoms with E-state index in [1.807, 2.05) is 5.01 Å². The largest absolute Gasteiger partial charge is 0.308 e. The average Bonchev–Trinajstić information content (AvgIpc) is 2.15. The minimum Gasteiger partial charge on any atom is -0.308 e. The number of hydrazine groups is 1. The van der Waals surface area contributed by atoms with Crippen molar-refractivity contribution in [3.63, 3.8) is 0 Å². The molecule has 1 aliphatic heterocycles. The Balaban J connectivity index is 2.26. The average molecular weight is 143 g/mol. The lowest BCUT2D eigenvalue weighted by Crippen LogP contribution is -2.41. The van der Waals surface area contributed by atoms with E-state index in [1.54, 1.807) is 0 Å². The van der Waals surface area contributed by atoms with Gasteiger partial charge in [-0.2, -0.15) is 0 Å². The van der Waals surface area contributed by atoms with Gasteiger partial charge in [0.1, 0.15) is 0 Å². The summed E-state index contributed by atoms with van der Waals surface area (Å²) in [4.78, 5) is 2.19. The van der Waals surface area contributed by atoms with E-state index in [-0.39, 0.29) is 0 Å². The maximum Gasteiger partial charge on any atom is 0.0368 e. The molecule has 0 aromatic carbocycles. The summed E-state index contributed by atoms with van der Waals surface area (Å²) < 4.78 is 0. The van der Waals surface area contributed by atoms with Crippen LogP contribution in [0.1, 0.15) is 12.8 Å². The molecular weight excluding hydrogens is 126 g/mol. The molecule has 2 N–H and O–H groups in total. The summed E-state index contributed by atoms with van der Waals surface area (Å²) in [6, 6.07) is 0.593. The minimum atomic E-state index is 0.593. The van der Waals surface area contributed by atoms with E-state index in [4.69, 9.17) is 5.84 Å². The van der Waals surface area contributed by atoms with Crippen LogP contribution in [0.5, 0.6) is 0 Å². The molecule has 3 heteroatoms. The zero-order valence-corrected chi connectivity index (χ0v) is 6.88. The maximum absolute atomic E-state index is 5.73. The molecule has 1 heterocycles. The first kappa shape index (κ1) is 7.98. The molecule has 0 aliphatic carbocycles. The normalized spacial score (nSPS) is 28.2. The zero-order valence-electron chi connectivity index (χ0n) is 6.88. The van der Waals surface area contributed by atoms with Crippen molar-refractivity contribution in [1.29, 1.82) is 0 Å². The Hall–Kier alpha value is -0.120. The standard InChI is InChI=1S/C7H17N3/c1-9(2)6-7-4-3-5-10(7)8/h7H,3-6,8H2,1-2H3. The van der Waals surface area contributed by atoms with Gasteiger partial charge >= 0.3 is 0 Å². The van der Waals surface area contributed by atoms with Crippen molar-refractivity contribution in [2.75, 3.05) is 27.2 Å². The van der Waals surface area contributed by atoms with Gasteiger partial charge in [-0.25, -0.2) is 5.01 Å².